The number of hydrogen-bond donors (Lipinski definition) is 0. The molecule has 0 N–H and O–H groups in total. The van der Waals surface area contributed by atoms with Crippen LogP contribution >= 0.6 is 0 Å². The zero-order valence-corrected chi connectivity index (χ0v) is 8.40. The van der Waals surface area contributed by atoms with Crippen molar-refractivity contribution in [1.29, 1.82) is 0 Å². The second-order valence-electron chi connectivity index (χ2n) is 3.23. The summed E-state index contributed by atoms with van der Waals surface area (Å²) in [6.45, 7) is 2.54. The van der Waals surface area contributed by atoms with E-state index in [1.807, 2.05) is 12.1 Å². The van der Waals surface area contributed by atoms with Crippen LogP contribution in [0.1, 0.15) is 19.8 Å². The van der Waals surface area contributed by atoms with Crippen molar-refractivity contribution in [3.8, 4) is 5.75 Å². The fraction of sp³-hybridized carbons (Fsp3) is 0.417. The minimum Gasteiger partial charge on any atom is -0.493 e. The summed E-state index contributed by atoms with van der Waals surface area (Å²) in [7, 11) is 0. The Balaban J connectivity index is 2.35. The van der Waals surface area contributed by atoms with Crippen molar-refractivity contribution < 1.29 is 9.53 Å². The van der Waals surface area contributed by atoms with E-state index in [2.05, 4.69) is 13.0 Å². The fourth-order valence-electron chi connectivity index (χ4n) is 1.23. The third-order valence-corrected chi connectivity index (χ3v) is 2.00. The number of carbonyl (C=O) groups is 1. The highest BCUT2D eigenvalue weighted by Crippen LogP contribution is 2.11. The number of benzene rings is 1. The number of rotatable bonds is 6. The van der Waals surface area contributed by atoms with Crippen LogP contribution in [0.3, 0.4) is 0 Å². The molecule has 0 aromatic heterocycles. The minimum atomic E-state index is 0.0178. The van der Waals surface area contributed by atoms with Crippen molar-refractivity contribution in [1.82, 2.24) is 0 Å². The Labute approximate surface area is 84.9 Å². The molecular formula is C12H15O2. The Morgan fingerprint density at radius 1 is 1.50 bits per heavy atom. The van der Waals surface area contributed by atoms with Crippen molar-refractivity contribution in [2.75, 3.05) is 6.61 Å². The van der Waals surface area contributed by atoms with Crippen molar-refractivity contribution in [2.24, 2.45) is 5.92 Å². The van der Waals surface area contributed by atoms with E-state index in [1.54, 1.807) is 12.1 Å². The lowest BCUT2D eigenvalue weighted by atomic mass is 10.1. The first kappa shape index (κ1) is 10.8. The molecular weight excluding hydrogens is 176 g/mol. The van der Waals surface area contributed by atoms with Gasteiger partial charge < -0.3 is 9.53 Å². The third-order valence-electron chi connectivity index (χ3n) is 2.00. The van der Waals surface area contributed by atoms with E-state index in [0.717, 1.165) is 24.9 Å². The quantitative estimate of drug-likeness (QED) is 0.646. The normalized spacial score (nSPS) is 12.1. The molecule has 2 heteroatoms. The van der Waals surface area contributed by atoms with E-state index in [1.165, 1.54) is 0 Å². The molecule has 0 fully saturated rings. The van der Waals surface area contributed by atoms with Gasteiger partial charge in [0.05, 0.1) is 6.61 Å². The Morgan fingerprint density at radius 2 is 2.21 bits per heavy atom. The maximum atomic E-state index is 10.6. The number of aldehydes is 1. The summed E-state index contributed by atoms with van der Waals surface area (Å²) in [5.74, 6) is 0.816. The Kier molecular flexibility index (Phi) is 4.76. The van der Waals surface area contributed by atoms with Gasteiger partial charge in [-0.1, -0.05) is 25.5 Å². The molecule has 0 aliphatic carbocycles. The van der Waals surface area contributed by atoms with Crippen LogP contribution in [-0.4, -0.2) is 12.9 Å². The summed E-state index contributed by atoms with van der Waals surface area (Å²) >= 11 is 0. The molecule has 0 heterocycles. The van der Waals surface area contributed by atoms with Crippen LogP contribution in [0, 0.1) is 12.0 Å². The van der Waals surface area contributed by atoms with Gasteiger partial charge in [0.1, 0.15) is 12.0 Å². The fourth-order valence-corrected chi connectivity index (χ4v) is 1.23. The van der Waals surface area contributed by atoms with E-state index >= 15 is 0 Å². The van der Waals surface area contributed by atoms with E-state index in [9.17, 15) is 4.79 Å². The first-order chi connectivity index (χ1) is 6.86. The first-order valence-corrected chi connectivity index (χ1v) is 4.91. The van der Waals surface area contributed by atoms with E-state index < -0.39 is 0 Å². The molecule has 0 spiro atoms. The highest BCUT2D eigenvalue weighted by Gasteiger charge is 2.06. The maximum Gasteiger partial charge on any atom is 0.126 e. The molecule has 1 aromatic rings. The Hall–Kier alpha value is -1.31. The van der Waals surface area contributed by atoms with E-state index in [0.29, 0.717) is 6.61 Å². The average Bonchev–Trinajstić information content (AvgIpc) is 2.25. The molecule has 1 aromatic carbocycles. The van der Waals surface area contributed by atoms with Crippen LogP contribution in [0.2, 0.25) is 0 Å². The topological polar surface area (TPSA) is 26.3 Å². The number of hydrogen-bond acceptors (Lipinski definition) is 2. The third kappa shape index (κ3) is 3.60. The van der Waals surface area contributed by atoms with Gasteiger partial charge >= 0.3 is 0 Å². The SMILES string of the molecule is CCCC(C=O)COc1cc[c]cc1. The lowest BCUT2D eigenvalue weighted by Gasteiger charge is -2.10. The summed E-state index contributed by atoms with van der Waals surface area (Å²) in [5.41, 5.74) is 0. The van der Waals surface area contributed by atoms with Crippen molar-refractivity contribution in [3.05, 3.63) is 30.3 Å². The second kappa shape index (κ2) is 6.19. The lowest BCUT2D eigenvalue weighted by molar-refractivity contribution is -0.112. The monoisotopic (exact) mass is 191 g/mol. The van der Waals surface area contributed by atoms with Gasteiger partial charge in [-0.15, -0.1) is 0 Å². The number of ether oxygens (including phenoxy) is 1. The van der Waals surface area contributed by atoms with E-state index in [-0.39, 0.29) is 5.92 Å². The summed E-state index contributed by atoms with van der Waals surface area (Å²) < 4.78 is 5.46. The standard InChI is InChI=1S/C12H15O2/c1-2-6-11(9-13)10-14-12-7-4-3-5-8-12/h4-5,7-9,11H,2,6,10H2,1H3. The molecule has 1 rings (SSSR count). The largest absolute Gasteiger partial charge is 0.493 e. The van der Waals surface area contributed by atoms with Crippen LogP contribution in [0.25, 0.3) is 0 Å². The van der Waals surface area contributed by atoms with Crippen molar-refractivity contribution >= 4 is 6.29 Å². The molecule has 14 heavy (non-hydrogen) atoms. The Morgan fingerprint density at radius 3 is 2.79 bits per heavy atom. The van der Waals surface area contributed by atoms with Gasteiger partial charge in [0.15, 0.2) is 0 Å². The Bertz CT molecular complexity index is 256. The van der Waals surface area contributed by atoms with Gasteiger partial charge in [0.2, 0.25) is 0 Å². The van der Waals surface area contributed by atoms with Gasteiger partial charge in [0.25, 0.3) is 0 Å². The first-order valence-electron chi connectivity index (χ1n) is 4.91. The molecule has 0 saturated carbocycles. The van der Waals surface area contributed by atoms with Crippen LogP contribution in [0.4, 0.5) is 0 Å². The minimum absolute atomic E-state index is 0.0178. The smallest absolute Gasteiger partial charge is 0.126 e. The molecule has 0 aliphatic heterocycles. The van der Waals surface area contributed by atoms with Gasteiger partial charge in [-0.25, -0.2) is 0 Å². The molecule has 2 nitrogen and oxygen atoms in total. The van der Waals surface area contributed by atoms with Crippen LogP contribution in [0.15, 0.2) is 24.3 Å². The zero-order valence-electron chi connectivity index (χ0n) is 8.40. The number of carbonyl (C=O) groups excluding carboxylic acids is 1. The molecule has 1 atom stereocenters. The summed E-state index contributed by atoms with van der Waals surface area (Å²) in [6, 6.07) is 10.2. The predicted molar refractivity (Wildman–Crippen MR) is 55.2 cm³/mol. The van der Waals surface area contributed by atoms with Gasteiger partial charge in [0, 0.05) is 5.92 Å². The van der Waals surface area contributed by atoms with Gasteiger partial charge in [-0.05, 0) is 24.6 Å². The highest BCUT2D eigenvalue weighted by molar-refractivity contribution is 5.53. The van der Waals surface area contributed by atoms with Crippen LogP contribution < -0.4 is 4.74 Å². The molecule has 0 amide bonds. The second-order valence-corrected chi connectivity index (χ2v) is 3.23. The predicted octanol–water partition coefficient (Wildman–Crippen LogP) is 2.48. The van der Waals surface area contributed by atoms with Gasteiger partial charge in [-0.2, -0.15) is 0 Å². The van der Waals surface area contributed by atoms with Crippen molar-refractivity contribution in [2.45, 2.75) is 19.8 Å². The highest BCUT2D eigenvalue weighted by atomic mass is 16.5. The lowest BCUT2D eigenvalue weighted by Crippen LogP contribution is -2.13. The van der Waals surface area contributed by atoms with Crippen LogP contribution in [-0.2, 0) is 4.79 Å². The maximum absolute atomic E-state index is 10.6. The van der Waals surface area contributed by atoms with E-state index in [4.69, 9.17) is 4.74 Å². The summed E-state index contributed by atoms with van der Waals surface area (Å²) in [6.07, 6.45) is 2.87. The molecule has 0 saturated heterocycles. The average molecular weight is 191 g/mol. The molecule has 1 radical (unpaired) electrons. The molecule has 75 valence electrons. The molecule has 0 bridgehead atoms. The van der Waals surface area contributed by atoms with Crippen LogP contribution in [0.5, 0.6) is 5.75 Å². The molecule has 0 aliphatic rings. The van der Waals surface area contributed by atoms with Crippen molar-refractivity contribution in [3.63, 3.8) is 0 Å². The zero-order chi connectivity index (χ0) is 10.2. The van der Waals surface area contributed by atoms with Gasteiger partial charge in [-0.3, -0.25) is 0 Å². The summed E-state index contributed by atoms with van der Waals surface area (Å²) in [4.78, 5) is 10.6. The summed E-state index contributed by atoms with van der Waals surface area (Å²) in [5, 5.41) is 0. The molecule has 1 unspecified atom stereocenters.